The summed E-state index contributed by atoms with van der Waals surface area (Å²) in [6.07, 6.45) is 2.74. The smallest absolute Gasteiger partial charge is 0.223 e. The van der Waals surface area contributed by atoms with Crippen LogP contribution in [-0.4, -0.2) is 28.9 Å². The van der Waals surface area contributed by atoms with Crippen molar-refractivity contribution < 1.29 is 4.79 Å². The van der Waals surface area contributed by atoms with Crippen molar-refractivity contribution in [3.8, 4) is 0 Å². The molecular weight excluding hydrogens is 274 g/mol. The lowest BCUT2D eigenvalue weighted by atomic mass is 10.1. The van der Waals surface area contributed by atoms with Crippen LogP contribution >= 0.6 is 11.6 Å². The predicted octanol–water partition coefficient (Wildman–Crippen LogP) is 3.32. The maximum Gasteiger partial charge on any atom is 0.223 e. The highest BCUT2D eigenvalue weighted by Crippen LogP contribution is 2.25. The molecule has 1 fully saturated rings. The molecule has 1 atom stereocenters. The Hall–Kier alpha value is -1.29. The zero-order valence-corrected chi connectivity index (χ0v) is 12.9. The molecular formula is C15H22ClN3O. The number of likely N-dealkylation sites (tertiary alicyclic amines) is 1. The van der Waals surface area contributed by atoms with Gasteiger partial charge in [-0.3, -0.25) is 4.79 Å². The van der Waals surface area contributed by atoms with Crippen LogP contribution in [-0.2, 0) is 11.3 Å². The molecule has 5 heteroatoms. The third kappa shape index (κ3) is 3.63. The van der Waals surface area contributed by atoms with E-state index in [1.54, 1.807) is 0 Å². The van der Waals surface area contributed by atoms with Gasteiger partial charge >= 0.3 is 0 Å². The van der Waals surface area contributed by atoms with Crippen LogP contribution in [0.5, 0.6) is 0 Å². The number of aromatic nitrogens is 1. The number of rotatable bonds is 6. The standard InChI is InChI=1S/C15H22ClN3O/c1-3-7-17-14-6-5-12(16)13(18-14)10-19-9-11(4-2)8-15(19)20/h5-6,11H,3-4,7-10H2,1-2H3,(H,17,18). The summed E-state index contributed by atoms with van der Waals surface area (Å²) in [4.78, 5) is 18.3. The van der Waals surface area contributed by atoms with Gasteiger partial charge in [-0.1, -0.05) is 31.9 Å². The number of nitrogens with one attached hydrogen (secondary N) is 1. The molecule has 0 saturated carbocycles. The van der Waals surface area contributed by atoms with Gasteiger partial charge in [0.05, 0.1) is 17.3 Å². The monoisotopic (exact) mass is 295 g/mol. The minimum absolute atomic E-state index is 0.210. The Bertz CT molecular complexity index is 478. The summed E-state index contributed by atoms with van der Waals surface area (Å²) >= 11 is 6.20. The molecule has 1 aromatic heterocycles. The molecule has 2 rings (SSSR count). The van der Waals surface area contributed by atoms with Crippen LogP contribution in [0.1, 0.15) is 38.8 Å². The van der Waals surface area contributed by atoms with Gasteiger partial charge in [0.25, 0.3) is 0 Å². The fraction of sp³-hybridized carbons (Fsp3) is 0.600. The molecule has 4 nitrogen and oxygen atoms in total. The topological polar surface area (TPSA) is 45.2 Å². The predicted molar refractivity (Wildman–Crippen MR) is 81.8 cm³/mol. The third-order valence-corrected chi connectivity index (χ3v) is 4.03. The quantitative estimate of drug-likeness (QED) is 0.876. The van der Waals surface area contributed by atoms with Gasteiger partial charge < -0.3 is 10.2 Å². The Morgan fingerprint density at radius 1 is 1.45 bits per heavy atom. The maximum absolute atomic E-state index is 12.0. The minimum atomic E-state index is 0.210. The Balaban J connectivity index is 2.06. The zero-order valence-electron chi connectivity index (χ0n) is 12.2. The molecule has 0 aromatic carbocycles. The maximum atomic E-state index is 12.0. The molecule has 0 aliphatic carbocycles. The lowest BCUT2D eigenvalue weighted by Crippen LogP contribution is -2.25. The molecule has 1 saturated heterocycles. The number of pyridine rings is 1. The minimum Gasteiger partial charge on any atom is -0.370 e. The SMILES string of the molecule is CCCNc1ccc(Cl)c(CN2CC(CC)CC2=O)n1. The molecule has 20 heavy (non-hydrogen) atoms. The van der Waals surface area contributed by atoms with Crippen molar-refractivity contribution in [2.24, 2.45) is 5.92 Å². The molecule has 0 bridgehead atoms. The molecule has 1 aliphatic rings. The van der Waals surface area contributed by atoms with Gasteiger partial charge in [0.15, 0.2) is 0 Å². The second kappa shape index (κ2) is 6.93. The van der Waals surface area contributed by atoms with Crippen LogP contribution in [0.4, 0.5) is 5.82 Å². The van der Waals surface area contributed by atoms with E-state index in [4.69, 9.17) is 11.6 Å². The van der Waals surface area contributed by atoms with E-state index < -0.39 is 0 Å². The summed E-state index contributed by atoms with van der Waals surface area (Å²) in [5.74, 6) is 1.51. The Morgan fingerprint density at radius 3 is 2.90 bits per heavy atom. The number of hydrogen-bond donors (Lipinski definition) is 1. The highest BCUT2D eigenvalue weighted by molar-refractivity contribution is 6.31. The molecule has 0 spiro atoms. The molecule has 1 aliphatic heterocycles. The van der Waals surface area contributed by atoms with Gasteiger partial charge in [0, 0.05) is 19.5 Å². The molecule has 110 valence electrons. The molecule has 2 heterocycles. The van der Waals surface area contributed by atoms with E-state index >= 15 is 0 Å². The number of halogens is 1. The third-order valence-electron chi connectivity index (χ3n) is 3.69. The molecule has 1 N–H and O–H groups in total. The van der Waals surface area contributed by atoms with Crippen LogP contribution in [0, 0.1) is 5.92 Å². The van der Waals surface area contributed by atoms with Crippen molar-refractivity contribution >= 4 is 23.3 Å². The fourth-order valence-corrected chi connectivity index (χ4v) is 2.57. The van der Waals surface area contributed by atoms with Gasteiger partial charge in [0.2, 0.25) is 5.91 Å². The summed E-state index contributed by atoms with van der Waals surface area (Å²) in [6.45, 7) is 6.45. The van der Waals surface area contributed by atoms with E-state index in [1.165, 1.54) is 0 Å². The zero-order chi connectivity index (χ0) is 14.5. The van der Waals surface area contributed by atoms with Crippen LogP contribution in [0.15, 0.2) is 12.1 Å². The van der Waals surface area contributed by atoms with Gasteiger partial charge in [-0.15, -0.1) is 0 Å². The number of hydrogen-bond acceptors (Lipinski definition) is 3. The number of amides is 1. The average molecular weight is 296 g/mol. The van der Waals surface area contributed by atoms with Crippen LogP contribution in [0.3, 0.4) is 0 Å². The molecule has 1 aromatic rings. The number of anilines is 1. The van der Waals surface area contributed by atoms with Crippen molar-refractivity contribution in [1.82, 2.24) is 9.88 Å². The normalized spacial score (nSPS) is 18.6. The van der Waals surface area contributed by atoms with E-state index in [2.05, 4.69) is 24.1 Å². The largest absolute Gasteiger partial charge is 0.370 e. The lowest BCUT2D eigenvalue weighted by molar-refractivity contribution is -0.128. The van der Waals surface area contributed by atoms with E-state index in [1.807, 2.05) is 17.0 Å². The van der Waals surface area contributed by atoms with Gasteiger partial charge in [0.1, 0.15) is 5.82 Å². The highest BCUT2D eigenvalue weighted by Gasteiger charge is 2.28. The summed E-state index contributed by atoms with van der Waals surface area (Å²) in [5, 5.41) is 3.87. The first-order valence-electron chi connectivity index (χ1n) is 7.31. The van der Waals surface area contributed by atoms with E-state index in [-0.39, 0.29) is 5.91 Å². The van der Waals surface area contributed by atoms with Crippen LogP contribution in [0.25, 0.3) is 0 Å². The van der Waals surface area contributed by atoms with Crippen LogP contribution in [0.2, 0.25) is 5.02 Å². The van der Waals surface area contributed by atoms with Crippen molar-refractivity contribution in [2.45, 2.75) is 39.7 Å². The first kappa shape index (κ1) is 15.1. The average Bonchev–Trinajstić information content (AvgIpc) is 2.80. The van der Waals surface area contributed by atoms with Crippen molar-refractivity contribution in [3.63, 3.8) is 0 Å². The van der Waals surface area contributed by atoms with Crippen LogP contribution < -0.4 is 5.32 Å². The molecule has 1 amide bonds. The lowest BCUT2D eigenvalue weighted by Gasteiger charge is -2.17. The summed E-state index contributed by atoms with van der Waals surface area (Å²) in [7, 11) is 0. The van der Waals surface area contributed by atoms with Gasteiger partial charge in [-0.25, -0.2) is 4.98 Å². The van der Waals surface area contributed by atoms with Gasteiger partial charge in [-0.05, 0) is 24.5 Å². The van der Waals surface area contributed by atoms with Gasteiger partial charge in [-0.2, -0.15) is 0 Å². The fourth-order valence-electron chi connectivity index (χ4n) is 2.41. The Labute approximate surface area is 125 Å². The second-order valence-corrected chi connectivity index (χ2v) is 5.71. The van der Waals surface area contributed by atoms with Crippen molar-refractivity contribution in [1.29, 1.82) is 0 Å². The Morgan fingerprint density at radius 2 is 2.25 bits per heavy atom. The van der Waals surface area contributed by atoms with E-state index in [9.17, 15) is 4.79 Å². The summed E-state index contributed by atoms with van der Waals surface area (Å²) < 4.78 is 0. The molecule has 0 radical (unpaired) electrons. The number of nitrogens with zero attached hydrogens (tertiary/aromatic N) is 2. The van der Waals surface area contributed by atoms with E-state index in [0.29, 0.717) is 23.9 Å². The molecule has 1 unspecified atom stereocenters. The summed E-state index contributed by atoms with van der Waals surface area (Å²) in [6, 6.07) is 3.72. The first-order valence-corrected chi connectivity index (χ1v) is 7.68. The Kier molecular flexibility index (Phi) is 5.24. The number of carbonyl (C=O) groups is 1. The van der Waals surface area contributed by atoms with E-state index in [0.717, 1.165) is 37.4 Å². The highest BCUT2D eigenvalue weighted by atomic mass is 35.5. The summed E-state index contributed by atoms with van der Waals surface area (Å²) in [5.41, 5.74) is 0.776. The first-order chi connectivity index (χ1) is 9.63. The number of carbonyl (C=O) groups excluding carboxylic acids is 1. The van der Waals surface area contributed by atoms with Crippen molar-refractivity contribution in [2.75, 3.05) is 18.4 Å². The van der Waals surface area contributed by atoms with Crippen molar-refractivity contribution in [3.05, 3.63) is 22.8 Å². The second-order valence-electron chi connectivity index (χ2n) is 5.30.